The maximum Gasteiger partial charge on any atom is 0.397 e. The van der Waals surface area contributed by atoms with Gasteiger partial charge in [0.15, 0.2) is 0 Å². The topological polar surface area (TPSA) is 66.9 Å². The zero-order chi connectivity index (χ0) is 16.4. The van der Waals surface area contributed by atoms with Gasteiger partial charge in [-0.1, -0.05) is 6.07 Å². The standard InChI is InChI=1S/C16H20N2O4S/c1-2-22-16(21)15(20)18-7-5-17(6-8-18)14(19)12-10-11(12)13-4-3-9-23-13/h3-4,9,11-12H,2,5-8,10H2,1H3/t11?,12-/m1/s1. The van der Waals surface area contributed by atoms with E-state index in [1.54, 1.807) is 18.3 Å². The Balaban J connectivity index is 1.49. The van der Waals surface area contributed by atoms with Crippen LogP contribution in [0.3, 0.4) is 0 Å². The number of hydrogen-bond acceptors (Lipinski definition) is 5. The van der Waals surface area contributed by atoms with Gasteiger partial charge in [0.1, 0.15) is 0 Å². The molecule has 0 radical (unpaired) electrons. The van der Waals surface area contributed by atoms with E-state index in [-0.39, 0.29) is 18.4 Å². The van der Waals surface area contributed by atoms with Crippen LogP contribution in [-0.4, -0.2) is 60.4 Å². The summed E-state index contributed by atoms with van der Waals surface area (Å²) in [5.74, 6) is -0.802. The quantitative estimate of drug-likeness (QED) is 0.612. The van der Waals surface area contributed by atoms with Crippen LogP contribution < -0.4 is 0 Å². The first-order valence-corrected chi connectivity index (χ1v) is 8.78. The summed E-state index contributed by atoms with van der Waals surface area (Å²) in [7, 11) is 0. The lowest BCUT2D eigenvalue weighted by Crippen LogP contribution is -2.52. The fourth-order valence-electron chi connectivity index (χ4n) is 2.97. The van der Waals surface area contributed by atoms with Gasteiger partial charge in [0.25, 0.3) is 0 Å². The molecule has 1 aliphatic carbocycles. The Kier molecular flexibility index (Phi) is 4.66. The van der Waals surface area contributed by atoms with Gasteiger partial charge in [-0.3, -0.25) is 9.59 Å². The molecule has 2 atom stereocenters. The van der Waals surface area contributed by atoms with Crippen LogP contribution in [0.15, 0.2) is 17.5 Å². The Bertz CT molecular complexity index is 593. The fraction of sp³-hybridized carbons (Fsp3) is 0.562. The largest absolute Gasteiger partial charge is 0.459 e. The molecule has 2 amide bonds. The first kappa shape index (κ1) is 16.0. The number of thiophene rings is 1. The molecule has 1 saturated heterocycles. The van der Waals surface area contributed by atoms with E-state index in [2.05, 4.69) is 6.07 Å². The van der Waals surface area contributed by atoms with E-state index in [1.807, 2.05) is 16.3 Å². The van der Waals surface area contributed by atoms with Gasteiger partial charge in [-0.05, 0) is 24.8 Å². The highest BCUT2D eigenvalue weighted by Crippen LogP contribution is 2.50. The van der Waals surface area contributed by atoms with E-state index in [9.17, 15) is 14.4 Å². The summed E-state index contributed by atoms with van der Waals surface area (Å²) in [5.41, 5.74) is 0. The number of hydrogen-bond donors (Lipinski definition) is 0. The number of piperazine rings is 1. The first-order chi connectivity index (χ1) is 11.1. The number of carbonyl (C=O) groups is 3. The van der Waals surface area contributed by atoms with Crippen molar-refractivity contribution in [3.8, 4) is 0 Å². The van der Waals surface area contributed by atoms with Crippen molar-refractivity contribution in [1.82, 2.24) is 9.80 Å². The molecule has 2 aliphatic rings. The zero-order valence-electron chi connectivity index (χ0n) is 13.1. The predicted octanol–water partition coefficient (Wildman–Crippen LogP) is 1.09. The van der Waals surface area contributed by atoms with Crippen molar-refractivity contribution >= 4 is 29.1 Å². The molecular formula is C16H20N2O4S. The third-order valence-electron chi connectivity index (χ3n) is 4.34. The van der Waals surface area contributed by atoms with Gasteiger partial charge in [0, 0.05) is 42.9 Å². The van der Waals surface area contributed by atoms with Crippen molar-refractivity contribution in [3.63, 3.8) is 0 Å². The van der Waals surface area contributed by atoms with Crippen molar-refractivity contribution in [2.75, 3.05) is 32.8 Å². The highest BCUT2D eigenvalue weighted by Gasteiger charge is 2.46. The highest BCUT2D eigenvalue weighted by atomic mass is 32.1. The van der Waals surface area contributed by atoms with E-state index in [4.69, 9.17) is 4.74 Å². The van der Waals surface area contributed by atoms with Crippen LogP contribution in [0, 0.1) is 5.92 Å². The molecule has 7 heteroatoms. The highest BCUT2D eigenvalue weighted by molar-refractivity contribution is 7.10. The van der Waals surface area contributed by atoms with Crippen LogP contribution in [0.5, 0.6) is 0 Å². The summed E-state index contributed by atoms with van der Waals surface area (Å²) in [5, 5.41) is 2.04. The van der Waals surface area contributed by atoms with Crippen LogP contribution in [0.1, 0.15) is 24.1 Å². The maximum absolute atomic E-state index is 12.5. The maximum atomic E-state index is 12.5. The van der Waals surface area contributed by atoms with E-state index in [1.165, 1.54) is 9.78 Å². The van der Waals surface area contributed by atoms with Gasteiger partial charge in [-0.15, -0.1) is 11.3 Å². The Labute approximate surface area is 139 Å². The average molecular weight is 336 g/mol. The first-order valence-electron chi connectivity index (χ1n) is 7.90. The molecular weight excluding hydrogens is 316 g/mol. The predicted molar refractivity (Wildman–Crippen MR) is 85.0 cm³/mol. The number of amides is 2. The van der Waals surface area contributed by atoms with Gasteiger partial charge >= 0.3 is 11.9 Å². The van der Waals surface area contributed by atoms with Gasteiger partial charge < -0.3 is 14.5 Å². The molecule has 0 spiro atoms. The lowest BCUT2D eigenvalue weighted by atomic mass is 10.2. The van der Waals surface area contributed by atoms with Crippen molar-refractivity contribution in [1.29, 1.82) is 0 Å². The Hall–Kier alpha value is -1.89. The number of rotatable bonds is 3. The molecule has 6 nitrogen and oxygen atoms in total. The molecule has 0 bridgehead atoms. The van der Waals surface area contributed by atoms with E-state index < -0.39 is 11.9 Å². The van der Waals surface area contributed by atoms with Crippen LogP contribution in [0.25, 0.3) is 0 Å². The van der Waals surface area contributed by atoms with Crippen molar-refractivity contribution in [2.45, 2.75) is 19.3 Å². The molecule has 0 aromatic carbocycles. The molecule has 1 saturated carbocycles. The van der Waals surface area contributed by atoms with Crippen LogP contribution in [0.4, 0.5) is 0 Å². The number of ether oxygens (including phenoxy) is 1. The third-order valence-corrected chi connectivity index (χ3v) is 5.35. The minimum absolute atomic E-state index is 0.0842. The molecule has 2 heterocycles. The van der Waals surface area contributed by atoms with E-state index in [0.717, 1.165) is 6.42 Å². The zero-order valence-corrected chi connectivity index (χ0v) is 13.9. The van der Waals surface area contributed by atoms with E-state index >= 15 is 0 Å². The monoisotopic (exact) mass is 336 g/mol. The Morgan fingerprint density at radius 2 is 1.91 bits per heavy atom. The molecule has 1 unspecified atom stereocenters. The number of carbonyl (C=O) groups excluding carboxylic acids is 3. The van der Waals surface area contributed by atoms with Crippen molar-refractivity contribution in [2.24, 2.45) is 5.92 Å². The van der Waals surface area contributed by atoms with Crippen LogP contribution >= 0.6 is 11.3 Å². The third kappa shape index (κ3) is 3.39. The smallest absolute Gasteiger partial charge is 0.397 e. The van der Waals surface area contributed by atoms with Gasteiger partial charge in [-0.2, -0.15) is 0 Å². The number of nitrogens with zero attached hydrogens (tertiary/aromatic N) is 2. The molecule has 1 aliphatic heterocycles. The summed E-state index contributed by atoms with van der Waals surface area (Å²) in [6.07, 6.45) is 0.918. The average Bonchev–Trinajstić information content (AvgIpc) is 3.18. The molecule has 0 N–H and O–H groups in total. The number of esters is 1. The van der Waals surface area contributed by atoms with Gasteiger partial charge in [-0.25, -0.2) is 4.79 Å². The summed E-state index contributed by atoms with van der Waals surface area (Å²) in [6, 6.07) is 4.10. The Morgan fingerprint density at radius 3 is 2.52 bits per heavy atom. The summed E-state index contributed by atoms with van der Waals surface area (Å²) in [6.45, 7) is 3.60. The van der Waals surface area contributed by atoms with Crippen LogP contribution in [-0.2, 0) is 19.1 Å². The second-order valence-electron chi connectivity index (χ2n) is 5.80. The Morgan fingerprint density at radius 1 is 1.22 bits per heavy atom. The lowest BCUT2D eigenvalue weighted by molar-refractivity contribution is -0.161. The summed E-state index contributed by atoms with van der Waals surface area (Å²) >= 11 is 1.70. The second kappa shape index (κ2) is 6.70. The second-order valence-corrected chi connectivity index (χ2v) is 6.78. The normalized spacial score (nSPS) is 23.5. The molecule has 2 fully saturated rings. The summed E-state index contributed by atoms with van der Waals surface area (Å²) < 4.78 is 4.73. The van der Waals surface area contributed by atoms with Crippen LogP contribution in [0.2, 0.25) is 0 Å². The fourth-order valence-corrected chi connectivity index (χ4v) is 3.88. The molecule has 3 rings (SSSR count). The minimum Gasteiger partial charge on any atom is -0.459 e. The molecule has 1 aromatic heterocycles. The molecule has 1 aromatic rings. The minimum atomic E-state index is -0.813. The van der Waals surface area contributed by atoms with Crippen molar-refractivity contribution < 1.29 is 19.1 Å². The molecule has 124 valence electrons. The van der Waals surface area contributed by atoms with Gasteiger partial charge in [0.05, 0.1) is 6.61 Å². The van der Waals surface area contributed by atoms with Crippen molar-refractivity contribution in [3.05, 3.63) is 22.4 Å². The SMILES string of the molecule is CCOC(=O)C(=O)N1CCN(C(=O)[C@@H]2CC2c2cccs2)CC1. The van der Waals surface area contributed by atoms with Gasteiger partial charge in [0.2, 0.25) is 5.91 Å². The summed E-state index contributed by atoms with van der Waals surface area (Å²) in [4.78, 5) is 40.4. The molecule has 23 heavy (non-hydrogen) atoms. The van der Waals surface area contributed by atoms with E-state index in [0.29, 0.717) is 32.1 Å². The lowest BCUT2D eigenvalue weighted by Gasteiger charge is -2.34.